The minimum absolute atomic E-state index is 0.0389. The summed E-state index contributed by atoms with van der Waals surface area (Å²) in [6.07, 6.45) is 0. The number of benzene rings is 1. The Hall–Kier alpha value is -2.83. The number of aromatic nitrogens is 1. The highest BCUT2D eigenvalue weighted by molar-refractivity contribution is 6.05. The molecule has 1 aromatic carbocycles. The van der Waals surface area contributed by atoms with Crippen LogP contribution >= 0.6 is 0 Å². The second-order valence-electron chi connectivity index (χ2n) is 4.26. The van der Waals surface area contributed by atoms with Crippen LogP contribution in [0.4, 0.5) is 5.82 Å². The fraction of sp³-hybridized carbons (Fsp3) is 0.154. The monoisotopic (exact) mass is 274 g/mol. The van der Waals surface area contributed by atoms with Crippen LogP contribution in [0.15, 0.2) is 18.2 Å². The molecule has 2 heterocycles. The van der Waals surface area contributed by atoms with Crippen molar-refractivity contribution < 1.29 is 24.2 Å². The van der Waals surface area contributed by atoms with Crippen molar-refractivity contribution >= 4 is 28.6 Å². The number of carbonyl (C=O) groups is 2. The van der Waals surface area contributed by atoms with E-state index in [2.05, 4.69) is 10.3 Å². The lowest BCUT2D eigenvalue weighted by atomic mass is 10.1. The molecule has 1 aliphatic heterocycles. The van der Waals surface area contributed by atoms with E-state index in [9.17, 15) is 14.7 Å². The van der Waals surface area contributed by atoms with E-state index in [1.807, 2.05) is 0 Å². The van der Waals surface area contributed by atoms with Crippen molar-refractivity contribution in [2.24, 2.45) is 0 Å². The average Bonchev–Trinajstić information content (AvgIpc) is 2.81. The van der Waals surface area contributed by atoms with E-state index < -0.39 is 5.97 Å². The number of carbonyl (C=O) groups excluding carboxylic acids is 1. The number of fused-ring (bicyclic) bond motifs is 2. The maximum absolute atomic E-state index is 11.3. The predicted octanol–water partition coefficient (Wildman–Crippen LogP) is 1.62. The van der Waals surface area contributed by atoms with Crippen molar-refractivity contribution in [2.75, 3.05) is 12.1 Å². The molecule has 1 amide bonds. The van der Waals surface area contributed by atoms with Crippen LogP contribution in [0.1, 0.15) is 17.3 Å². The molecule has 2 N–H and O–H groups in total. The molecule has 0 unspecified atom stereocenters. The number of pyridine rings is 1. The highest BCUT2D eigenvalue weighted by Crippen LogP contribution is 2.37. The number of aromatic carboxylic acids is 1. The summed E-state index contributed by atoms with van der Waals surface area (Å²) in [4.78, 5) is 26.6. The molecule has 0 fully saturated rings. The molecule has 7 heteroatoms. The van der Waals surface area contributed by atoms with Crippen LogP contribution in [-0.2, 0) is 4.79 Å². The van der Waals surface area contributed by atoms with Gasteiger partial charge in [0.15, 0.2) is 11.5 Å². The standard InChI is InChI=1S/C13H10N2O5/c1-6(16)14-12-3-8(13(17)18)7-2-10-11(20-5-19-10)4-9(7)15-12/h2-4H,5H2,1H3,(H,17,18)(H,14,15,16). The second-order valence-corrected chi connectivity index (χ2v) is 4.26. The summed E-state index contributed by atoms with van der Waals surface area (Å²) in [7, 11) is 0. The first-order chi connectivity index (χ1) is 9.54. The lowest BCUT2D eigenvalue weighted by Gasteiger charge is -2.08. The number of ether oxygens (including phenoxy) is 2. The Kier molecular flexibility index (Phi) is 2.67. The van der Waals surface area contributed by atoms with E-state index in [1.54, 1.807) is 12.1 Å². The largest absolute Gasteiger partial charge is 0.478 e. The van der Waals surface area contributed by atoms with Gasteiger partial charge >= 0.3 is 5.97 Å². The molecule has 0 saturated carbocycles. The summed E-state index contributed by atoms with van der Waals surface area (Å²) in [5.74, 6) is -0.270. The minimum Gasteiger partial charge on any atom is -0.478 e. The highest BCUT2D eigenvalue weighted by atomic mass is 16.7. The lowest BCUT2D eigenvalue weighted by Crippen LogP contribution is -2.09. The number of carboxylic acids is 1. The summed E-state index contributed by atoms with van der Waals surface area (Å²) in [5, 5.41) is 12.2. The fourth-order valence-electron chi connectivity index (χ4n) is 2.04. The van der Waals surface area contributed by atoms with Crippen molar-refractivity contribution in [3.63, 3.8) is 0 Å². The zero-order valence-corrected chi connectivity index (χ0v) is 10.5. The van der Waals surface area contributed by atoms with Crippen molar-refractivity contribution in [1.29, 1.82) is 0 Å². The van der Waals surface area contributed by atoms with Gasteiger partial charge in [-0.2, -0.15) is 0 Å². The van der Waals surface area contributed by atoms with Gasteiger partial charge < -0.3 is 19.9 Å². The number of hydrogen-bond donors (Lipinski definition) is 2. The zero-order valence-electron chi connectivity index (χ0n) is 10.5. The Morgan fingerprint density at radius 3 is 2.60 bits per heavy atom. The number of nitrogens with zero attached hydrogens (tertiary/aromatic N) is 1. The van der Waals surface area contributed by atoms with Crippen molar-refractivity contribution in [3.8, 4) is 11.5 Å². The molecule has 0 spiro atoms. The zero-order chi connectivity index (χ0) is 14.3. The molecule has 0 bridgehead atoms. The quantitative estimate of drug-likeness (QED) is 0.863. The SMILES string of the molecule is CC(=O)Nc1cc(C(=O)O)c2cc3c(cc2n1)OCO3. The molecule has 102 valence electrons. The van der Waals surface area contributed by atoms with Gasteiger partial charge in [-0.1, -0.05) is 0 Å². The third kappa shape index (κ3) is 1.99. The molecular weight excluding hydrogens is 264 g/mol. The maximum atomic E-state index is 11.3. The molecule has 2 aromatic rings. The van der Waals surface area contributed by atoms with E-state index in [4.69, 9.17) is 9.47 Å². The van der Waals surface area contributed by atoms with Gasteiger partial charge in [0.25, 0.3) is 0 Å². The molecule has 20 heavy (non-hydrogen) atoms. The van der Waals surface area contributed by atoms with Gasteiger partial charge in [0, 0.05) is 18.4 Å². The van der Waals surface area contributed by atoms with Gasteiger partial charge in [0.1, 0.15) is 5.82 Å². The Bertz CT molecular complexity index is 741. The molecule has 1 aliphatic rings. The number of amides is 1. The third-order valence-electron chi connectivity index (χ3n) is 2.84. The first-order valence-electron chi connectivity index (χ1n) is 5.80. The van der Waals surface area contributed by atoms with Crippen LogP contribution in [0.2, 0.25) is 0 Å². The summed E-state index contributed by atoms with van der Waals surface area (Å²) in [5.41, 5.74) is 0.454. The lowest BCUT2D eigenvalue weighted by molar-refractivity contribution is -0.114. The average molecular weight is 274 g/mol. The molecule has 0 atom stereocenters. The number of hydrogen-bond acceptors (Lipinski definition) is 5. The maximum Gasteiger partial charge on any atom is 0.336 e. The van der Waals surface area contributed by atoms with E-state index in [-0.39, 0.29) is 24.1 Å². The summed E-state index contributed by atoms with van der Waals surface area (Å²) < 4.78 is 10.5. The molecule has 1 aromatic heterocycles. The Morgan fingerprint density at radius 2 is 1.95 bits per heavy atom. The minimum atomic E-state index is -1.11. The van der Waals surface area contributed by atoms with E-state index in [0.717, 1.165) is 0 Å². The smallest absolute Gasteiger partial charge is 0.336 e. The van der Waals surface area contributed by atoms with Crippen molar-refractivity contribution in [2.45, 2.75) is 6.92 Å². The van der Waals surface area contributed by atoms with Crippen LogP contribution in [0.3, 0.4) is 0 Å². The van der Waals surface area contributed by atoms with E-state index >= 15 is 0 Å². The topological polar surface area (TPSA) is 97.8 Å². The molecule has 0 saturated heterocycles. The summed E-state index contributed by atoms with van der Waals surface area (Å²) >= 11 is 0. The van der Waals surface area contributed by atoms with Crippen molar-refractivity contribution in [3.05, 3.63) is 23.8 Å². The fourth-order valence-corrected chi connectivity index (χ4v) is 2.04. The Labute approximate surface area is 113 Å². The number of carboxylic acid groups (broad SMARTS) is 1. The predicted molar refractivity (Wildman–Crippen MR) is 69.1 cm³/mol. The highest BCUT2D eigenvalue weighted by Gasteiger charge is 2.19. The third-order valence-corrected chi connectivity index (χ3v) is 2.84. The Balaban J connectivity index is 2.25. The normalized spacial score (nSPS) is 12.4. The summed E-state index contributed by atoms with van der Waals surface area (Å²) in [6, 6.07) is 4.48. The van der Waals surface area contributed by atoms with Crippen LogP contribution in [0, 0.1) is 0 Å². The molecule has 7 nitrogen and oxygen atoms in total. The van der Waals surface area contributed by atoms with Gasteiger partial charge in [0.2, 0.25) is 12.7 Å². The second kappa shape index (κ2) is 4.37. The van der Waals surface area contributed by atoms with Gasteiger partial charge in [-0.15, -0.1) is 0 Å². The first-order valence-corrected chi connectivity index (χ1v) is 5.80. The van der Waals surface area contributed by atoms with Crippen LogP contribution in [-0.4, -0.2) is 28.8 Å². The van der Waals surface area contributed by atoms with Crippen LogP contribution in [0.25, 0.3) is 10.9 Å². The Morgan fingerprint density at radius 1 is 1.25 bits per heavy atom. The first kappa shape index (κ1) is 12.2. The molecule has 0 radical (unpaired) electrons. The van der Waals surface area contributed by atoms with Gasteiger partial charge in [-0.25, -0.2) is 9.78 Å². The van der Waals surface area contributed by atoms with Crippen LogP contribution in [0.5, 0.6) is 11.5 Å². The molecule has 0 aliphatic carbocycles. The number of rotatable bonds is 2. The van der Waals surface area contributed by atoms with Gasteiger partial charge in [0.05, 0.1) is 11.1 Å². The number of nitrogens with one attached hydrogen (secondary N) is 1. The number of anilines is 1. The van der Waals surface area contributed by atoms with Gasteiger partial charge in [-0.3, -0.25) is 4.79 Å². The van der Waals surface area contributed by atoms with E-state index in [1.165, 1.54) is 13.0 Å². The molecule has 3 rings (SSSR count). The van der Waals surface area contributed by atoms with Gasteiger partial charge in [-0.05, 0) is 12.1 Å². The molecular formula is C13H10N2O5. The van der Waals surface area contributed by atoms with E-state index in [0.29, 0.717) is 22.4 Å². The van der Waals surface area contributed by atoms with Crippen molar-refractivity contribution in [1.82, 2.24) is 4.98 Å². The summed E-state index contributed by atoms with van der Waals surface area (Å²) in [6.45, 7) is 1.42. The van der Waals surface area contributed by atoms with Crippen LogP contribution < -0.4 is 14.8 Å².